The van der Waals surface area contributed by atoms with E-state index in [1.807, 2.05) is 0 Å². The van der Waals surface area contributed by atoms with Crippen LogP contribution in [0.15, 0.2) is 16.6 Å². The lowest BCUT2D eigenvalue weighted by atomic mass is 10.0. The Morgan fingerprint density at radius 3 is 2.52 bits per heavy atom. The molecule has 8 heteroatoms. The number of carboxylic acid groups (broad SMARTS) is 1. The highest BCUT2D eigenvalue weighted by molar-refractivity contribution is 9.10. The van der Waals surface area contributed by atoms with Crippen molar-refractivity contribution in [3.63, 3.8) is 0 Å². The molecule has 0 bridgehead atoms. The molecule has 130 valence electrons. The van der Waals surface area contributed by atoms with Crippen molar-refractivity contribution in [1.82, 2.24) is 5.32 Å². The second-order valence-electron chi connectivity index (χ2n) is 5.16. The number of carboxylic acids is 1. The van der Waals surface area contributed by atoms with Gasteiger partial charge in [0.15, 0.2) is 11.5 Å². The molecule has 0 heterocycles. The van der Waals surface area contributed by atoms with Gasteiger partial charge in [0.1, 0.15) is 6.04 Å². The van der Waals surface area contributed by atoms with Crippen LogP contribution in [0.1, 0.15) is 26.3 Å². The normalized spacial score (nSPS) is 12.5. The van der Waals surface area contributed by atoms with Crippen LogP contribution in [0, 0.1) is 5.92 Å². The number of aliphatic carboxylic acids is 1. The van der Waals surface area contributed by atoms with E-state index < -0.39 is 18.6 Å². The molecule has 0 unspecified atom stereocenters. The van der Waals surface area contributed by atoms with E-state index in [2.05, 4.69) is 26.0 Å². The Kier molecular flexibility index (Phi) is 7.70. The predicted octanol–water partition coefficient (Wildman–Crippen LogP) is 3.65. The smallest absolute Gasteiger partial charge is 0.387 e. The van der Waals surface area contributed by atoms with E-state index in [4.69, 9.17) is 9.84 Å². The van der Waals surface area contributed by atoms with Gasteiger partial charge >= 0.3 is 12.6 Å². The Morgan fingerprint density at radius 1 is 1.39 bits per heavy atom. The zero-order valence-electron chi connectivity index (χ0n) is 13.1. The molecule has 0 amide bonds. The molecular weight excluding hydrogens is 376 g/mol. The molecule has 0 fully saturated rings. The minimum Gasteiger partial charge on any atom is -0.490 e. The standard InChI is InChI=1S/C15H20BrF2NO4/c1-4-22-11-6-9(5-10(16)13(11)23-15(17)18)7-19-12(8(2)3)14(20)21/h5-6,8,12,15,19H,4,7H2,1-3H3,(H,20,21)/t12-/m1/s1. The largest absolute Gasteiger partial charge is 0.490 e. The molecule has 1 atom stereocenters. The monoisotopic (exact) mass is 395 g/mol. The fourth-order valence-electron chi connectivity index (χ4n) is 2.03. The lowest BCUT2D eigenvalue weighted by molar-refractivity contribution is -0.140. The molecule has 0 aliphatic carbocycles. The van der Waals surface area contributed by atoms with Gasteiger partial charge in [-0.1, -0.05) is 13.8 Å². The minimum atomic E-state index is -2.97. The van der Waals surface area contributed by atoms with Crippen molar-refractivity contribution >= 4 is 21.9 Å². The van der Waals surface area contributed by atoms with Gasteiger partial charge in [0.25, 0.3) is 0 Å². The zero-order valence-corrected chi connectivity index (χ0v) is 14.7. The van der Waals surface area contributed by atoms with Gasteiger partial charge in [-0.05, 0) is 46.5 Å². The van der Waals surface area contributed by atoms with Crippen LogP contribution in [0.4, 0.5) is 8.78 Å². The van der Waals surface area contributed by atoms with E-state index in [1.165, 1.54) is 0 Å². The summed E-state index contributed by atoms with van der Waals surface area (Å²) in [5.74, 6) is -0.940. The van der Waals surface area contributed by atoms with Crippen LogP contribution in [-0.2, 0) is 11.3 Å². The number of ether oxygens (including phenoxy) is 2. The lowest BCUT2D eigenvalue weighted by Gasteiger charge is -2.19. The van der Waals surface area contributed by atoms with Gasteiger partial charge in [0, 0.05) is 6.54 Å². The molecule has 23 heavy (non-hydrogen) atoms. The first-order valence-electron chi connectivity index (χ1n) is 7.12. The summed E-state index contributed by atoms with van der Waals surface area (Å²) in [5.41, 5.74) is 0.689. The molecule has 0 aliphatic heterocycles. The Morgan fingerprint density at radius 2 is 2.04 bits per heavy atom. The maximum Gasteiger partial charge on any atom is 0.387 e. The number of nitrogens with one attached hydrogen (secondary N) is 1. The van der Waals surface area contributed by atoms with Gasteiger partial charge < -0.3 is 19.9 Å². The molecule has 0 aliphatic rings. The maximum absolute atomic E-state index is 12.5. The molecule has 0 aromatic heterocycles. The quantitative estimate of drug-likeness (QED) is 0.667. The zero-order chi connectivity index (χ0) is 17.6. The summed E-state index contributed by atoms with van der Waals surface area (Å²) in [6, 6.07) is 2.44. The van der Waals surface area contributed by atoms with Gasteiger partial charge in [-0.15, -0.1) is 0 Å². The van der Waals surface area contributed by atoms with Crippen molar-refractivity contribution in [2.45, 2.75) is 40.0 Å². The molecule has 0 spiro atoms. The topological polar surface area (TPSA) is 67.8 Å². The second-order valence-corrected chi connectivity index (χ2v) is 6.01. The van der Waals surface area contributed by atoms with Crippen molar-refractivity contribution in [3.8, 4) is 11.5 Å². The molecule has 0 saturated carbocycles. The van der Waals surface area contributed by atoms with Gasteiger partial charge in [0.05, 0.1) is 11.1 Å². The van der Waals surface area contributed by atoms with Crippen LogP contribution in [0.5, 0.6) is 11.5 Å². The number of hydrogen-bond donors (Lipinski definition) is 2. The molecule has 1 rings (SSSR count). The lowest BCUT2D eigenvalue weighted by Crippen LogP contribution is -2.40. The van der Waals surface area contributed by atoms with Crippen molar-refractivity contribution in [2.75, 3.05) is 6.61 Å². The first kappa shape index (κ1) is 19.6. The fourth-order valence-corrected chi connectivity index (χ4v) is 2.61. The first-order valence-corrected chi connectivity index (χ1v) is 7.91. The number of benzene rings is 1. The van der Waals surface area contributed by atoms with Crippen LogP contribution in [0.2, 0.25) is 0 Å². The van der Waals surface area contributed by atoms with Crippen molar-refractivity contribution in [3.05, 3.63) is 22.2 Å². The average molecular weight is 396 g/mol. The Hall–Kier alpha value is -1.41. The Bertz CT molecular complexity index is 540. The van der Waals surface area contributed by atoms with Gasteiger partial charge in [-0.25, -0.2) is 0 Å². The molecular formula is C15H20BrF2NO4. The van der Waals surface area contributed by atoms with Crippen LogP contribution in [-0.4, -0.2) is 30.3 Å². The van der Waals surface area contributed by atoms with Gasteiger partial charge in [-0.3, -0.25) is 4.79 Å². The highest BCUT2D eigenvalue weighted by atomic mass is 79.9. The van der Waals surface area contributed by atoms with Crippen LogP contribution in [0.25, 0.3) is 0 Å². The Balaban J connectivity index is 2.98. The molecule has 1 aromatic carbocycles. The molecule has 2 N–H and O–H groups in total. The third-order valence-electron chi connectivity index (χ3n) is 3.03. The molecule has 5 nitrogen and oxygen atoms in total. The average Bonchev–Trinajstić information content (AvgIpc) is 2.42. The highest BCUT2D eigenvalue weighted by Crippen LogP contribution is 2.38. The van der Waals surface area contributed by atoms with Crippen LogP contribution >= 0.6 is 15.9 Å². The van der Waals surface area contributed by atoms with E-state index >= 15 is 0 Å². The van der Waals surface area contributed by atoms with E-state index in [1.54, 1.807) is 32.9 Å². The van der Waals surface area contributed by atoms with Crippen molar-refractivity contribution < 1.29 is 28.2 Å². The van der Waals surface area contributed by atoms with E-state index in [9.17, 15) is 13.6 Å². The number of alkyl halides is 2. The number of halogens is 3. The predicted molar refractivity (Wildman–Crippen MR) is 85.0 cm³/mol. The van der Waals surface area contributed by atoms with Gasteiger partial charge in [0.2, 0.25) is 0 Å². The summed E-state index contributed by atoms with van der Waals surface area (Å²) in [5, 5.41) is 12.1. The van der Waals surface area contributed by atoms with E-state index in [0.29, 0.717) is 10.0 Å². The summed E-state index contributed by atoms with van der Waals surface area (Å²) >= 11 is 3.18. The molecule has 1 aromatic rings. The molecule has 0 radical (unpaired) electrons. The van der Waals surface area contributed by atoms with Crippen LogP contribution in [0.3, 0.4) is 0 Å². The number of rotatable bonds is 9. The summed E-state index contributed by atoms with van der Waals surface area (Å²) < 4.78 is 35.1. The summed E-state index contributed by atoms with van der Waals surface area (Å²) in [6.07, 6.45) is 0. The summed E-state index contributed by atoms with van der Waals surface area (Å²) in [7, 11) is 0. The minimum absolute atomic E-state index is 0.0794. The highest BCUT2D eigenvalue weighted by Gasteiger charge is 2.21. The SMILES string of the molecule is CCOc1cc(CN[C@@H](C(=O)O)C(C)C)cc(Br)c1OC(F)F. The molecule has 0 saturated heterocycles. The number of hydrogen-bond acceptors (Lipinski definition) is 4. The third kappa shape index (κ3) is 5.95. The third-order valence-corrected chi connectivity index (χ3v) is 3.62. The summed E-state index contributed by atoms with van der Waals surface area (Å²) in [6.45, 7) is 2.89. The van der Waals surface area contributed by atoms with E-state index in [-0.39, 0.29) is 30.6 Å². The van der Waals surface area contributed by atoms with Crippen LogP contribution < -0.4 is 14.8 Å². The first-order chi connectivity index (χ1) is 10.8. The van der Waals surface area contributed by atoms with Crippen molar-refractivity contribution in [2.24, 2.45) is 5.92 Å². The Labute approximate surface area is 142 Å². The number of carbonyl (C=O) groups is 1. The fraction of sp³-hybridized carbons (Fsp3) is 0.533. The van der Waals surface area contributed by atoms with Crippen molar-refractivity contribution in [1.29, 1.82) is 0 Å². The van der Waals surface area contributed by atoms with E-state index in [0.717, 1.165) is 0 Å². The summed E-state index contributed by atoms with van der Waals surface area (Å²) in [4.78, 5) is 11.2. The maximum atomic E-state index is 12.5. The second kappa shape index (κ2) is 9.02. The van der Waals surface area contributed by atoms with Gasteiger partial charge in [-0.2, -0.15) is 8.78 Å².